The van der Waals surface area contributed by atoms with Crippen molar-refractivity contribution in [3.63, 3.8) is 0 Å². The normalized spacial score (nSPS) is 15.1. The fourth-order valence-electron chi connectivity index (χ4n) is 3.18. The molecule has 1 heterocycles. The number of urea groups is 1. The zero-order valence-electron chi connectivity index (χ0n) is 16.8. The van der Waals surface area contributed by atoms with Crippen LogP contribution < -0.4 is 15.0 Å². The number of rotatable bonds is 5. The number of amides is 4. The van der Waals surface area contributed by atoms with Gasteiger partial charge >= 0.3 is 6.03 Å². The third kappa shape index (κ3) is 5.03. The second kappa shape index (κ2) is 9.67. The third-order valence-electron chi connectivity index (χ3n) is 4.77. The van der Waals surface area contributed by atoms with Crippen molar-refractivity contribution in [2.45, 2.75) is 6.61 Å². The van der Waals surface area contributed by atoms with Crippen molar-refractivity contribution in [3.05, 3.63) is 98.5 Å². The highest BCUT2D eigenvalue weighted by atomic mass is 35.5. The highest BCUT2D eigenvalue weighted by Crippen LogP contribution is 2.28. The van der Waals surface area contributed by atoms with Gasteiger partial charge in [-0.3, -0.25) is 14.9 Å². The standard InChI is InChI=1S/C24H15Cl3N2O4/c25-16-5-3-6-17(12-16)29-23(31)18(22(30)28-24(29)32)11-15-4-1-2-7-21(15)33-13-14-8-9-19(26)20(27)10-14/h1-12H,13H2,(H,28,30,32)/b18-11+. The van der Waals surface area contributed by atoms with E-state index in [1.807, 2.05) is 0 Å². The molecule has 0 atom stereocenters. The van der Waals surface area contributed by atoms with E-state index in [9.17, 15) is 14.4 Å². The molecule has 0 bridgehead atoms. The number of imide groups is 2. The molecule has 9 heteroatoms. The quantitative estimate of drug-likeness (QED) is 0.349. The molecule has 0 spiro atoms. The number of anilines is 1. The number of nitrogens with zero attached hydrogens (tertiary/aromatic N) is 1. The first-order valence-electron chi connectivity index (χ1n) is 9.66. The van der Waals surface area contributed by atoms with E-state index in [4.69, 9.17) is 39.5 Å². The van der Waals surface area contributed by atoms with Crippen LogP contribution in [0.3, 0.4) is 0 Å². The van der Waals surface area contributed by atoms with Crippen molar-refractivity contribution in [3.8, 4) is 5.75 Å². The Kier molecular flexibility index (Phi) is 6.70. The Bertz CT molecular complexity index is 1310. The molecule has 166 valence electrons. The molecule has 1 aliphatic rings. The van der Waals surface area contributed by atoms with Crippen molar-refractivity contribution in [1.82, 2.24) is 5.32 Å². The summed E-state index contributed by atoms with van der Waals surface area (Å²) in [6, 6.07) is 17.4. The van der Waals surface area contributed by atoms with Crippen LogP contribution in [-0.4, -0.2) is 17.8 Å². The molecule has 0 aliphatic carbocycles. The summed E-state index contributed by atoms with van der Waals surface area (Å²) < 4.78 is 5.89. The van der Waals surface area contributed by atoms with Gasteiger partial charge in [0.2, 0.25) is 0 Å². The van der Waals surface area contributed by atoms with Crippen molar-refractivity contribution in [2.24, 2.45) is 0 Å². The topological polar surface area (TPSA) is 75.7 Å². The molecular weight excluding hydrogens is 487 g/mol. The molecular formula is C24H15Cl3N2O4. The Labute approximate surface area is 204 Å². The highest BCUT2D eigenvalue weighted by molar-refractivity contribution is 6.42. The summed E-state index contributed by atoms with van der Waals surface area (Å²) in [6.45, 7) is 0.185. The molecule has 3 aromatic rings. The predicted molar refractivity (Wildman–Crippen MR) is 128 cm³/mol. The van der Waals surface area contributed by atoms with Gasteiger partial charge in [-0.25, -0.2) is 9.69 Å². The lowest BCUT2D eigenvalue weighted by Gasteiger charge is -2.26. The van der Waals surface area contributed by atoms with Gasteiger partial charge in [-0.1, -0.05) is 65.1 Å². The van der Waals surface area contributed by atoms with Crippen molar-refractivity contribution >= 4 is 64.4 Å². The lowest BCUT2D eigenvalue weighted by molar-refractivity contribution is -0.122. The van der Waals surface area contributed by atoms with Gasteiger partial charge < -0.3 is 4.74 Å². The number of hydrogen-bond donors (Lipinski definition) is 1. The van der Waals surface area contributed by atoms with Gasteiger partial charge in [0.05, 0.1) is 15.7 Å². The van der Waals surface area contributed by atoms with Gasteiger partial charge in [0, 0.05) is 10.6 Å². The number of benzene rings is 3. The van der Waals surface area contributed by atoms with Crippen LogP contribution in [0.2, 0.25) is 15.1 Å². The summed E-state index contributed by atoms with van der Waals surface area (Å²) in [5, 5.41) is 3.37. The molecule has 1 aliphatic heterocycles. The first-order chi connectivity index (χ1) is 15.8. The lowest BCUT2D eigenvalue weighted by Crippen LogP contribution is -2.54. The van der Waals surface area contributed by atoms with Gasteiger partial charge in [-0.05, 0) is 48.0 Å². The molecule has 0 aromatic heterocycles. The van der Waals surface area contributed by atoms with Crippen LogP contribution in [0.4, 0.5) is 10.5 Å². The minimum absolute atomic E-state index is 0.185. The number of carbonyl (C=O) groups excluding carboxylic acids is 3. The summed E-state index contributed by atoms with van der Waals surface area (Å²) in [5.41, 5.74) is 1.29. The highest BCUT2D eigenvalue weighted by Gasteiger charge is 2.37. The summed E-state index contributed by atoms with van der Waals surface area (Å²) in [5.74, 6) is -1.14. The SMILES string of the molecule is O=C1NC(=O)N(c2cccc(Cl)c2)C(=O)/C1=C/c1ccccc1OCc1ccc(Cl)c(Cl)c1. The van der Waals surface area contributed by atoms with E-state index in [0.29, 0.717) is 26.4 Å². The fourth-order valence-corrected chi connectivity index (χ4v) is 3.69. The summed E-state index contributed by atoms with van der Waals surface area (Å²) in [4.78, 5) is 38.8. The maximum atomic E-state index is 13.1. The Morgan fingerprint density at radius 3 is 2.42 bits per heavy atom. The molecule has 0 saturated carbocycles. The van der Waals surface area contributed by atoms with Crippen LogP contribution in [0.25, 0.3) is 6.08 Å². The van der Waals surface area contributed by atoms with Crippen LogP contribution in [0.5, 0.6) is 5.75 Å². The van der Waals surface area contributed by atoms with E-state index in [1.54, 1.807) is 60.7 Å². The van der Waals surface area contributed by atoms with Gasteiger partial charge in [-0.15, -0.1) is 0 Å². The zero-order chi connectivity index (χ0) is 23.5. The monoisotopic (exact) mass is 500 g/mol. The van der Waals surface area contributed by atoms with E-state index in [-0.39, 0.29) is 17.9 Å². The van der Waals surface area contributed by atoms with E-state index in [2.05, 4.69) is 5.32 Å². The van der Waals surface area contributed by atoms with Gasteiger partial charge in [-0.2, -0.15) is 0 Å². The van der Waals surface area contributed by atoms with Gasteiger partial charge in [0.15, 0.2) is 0 Å². The Hall–Kier alpha value is -3.32. The maximum Gasteiger partial charge on any atom is 0.335 e. The van der Waals surface area contributed by atoms with Crippen LogP contribution in [0.1, 0.15) is 11.1 Å². The molecule has 4 rings (SSSR count). The number of ether oxygens (including phenoxy) is 1. The number of para-hydroxylation sites is 1. The van der Waals surface area contributed by atoms with E-state index < -0.39 is 17.8 Å². The minimum atomic E-state index is -0.853. The van der Waals surface area contributed by atoms with Gasteiger partial charge in [0.25, 0.3) is 11.8 Å². The molecule has 6 nitrogen and oxygen atoms in total. The average Bonchev–Trinajstić information content (AvgIpc) is 2.78. The molecule has 33 heavy (non-hydrogen) atoms. The molecule has 1 N–H and O–H groups in total. The first-order valence-corrected chi connectivity index (χ1v) is 10.8. The Balaban J connectivity index is 1.63. The largest absolute Gasteiger partial charge is 0.488 e. The molecule has 1 fully saturated rings. The number of nitrogens with one attached hydrogen (secondary N) is 1. The Morgan fingerprint density at radius 2 is 1.67 bits per heavy atom. The molecule has 0 radical (unpaired) electrons. The van der Waals surface area contributed by atoms with Gasteiger partial charge in [0.1, 0.15) is 17.9 Å². The predicted octanol–water partition coefficient (Wildman–Crippen LogP) is 5.89. The Morgan fingerprint density at radius 1 is 0.879 bits per heavy atom. The second-order valence-corrected chi connectivity index (χ2v) is 8.26. The maximum absolute atomic E-state index is 13.1. The third-order valence-corrected chi connectivity index (χ3v) is 5.74. The average molecular weight is 502 g/mol. The molecule has 3 aromatic carbocycles. The number of carbonyl (C=O) groups is 3. The van der Waals surface area contributed by atoms with Crippen LogP contribution in [0, 0.1) is 0 Å². The van der Waals surface area contributed by atoms with E-state index in [1.165, 1.54) is 12.1 Å². The zero-order valence-corrected chi connectivity index (χ0v) is 19.1. The number of hydrogen-bond acceptors (Lipinski definition) is 4. The molecule has 1 saturated heterocycles. The molecule has 4 amide bonds. The van der Waals surface area contributed by atoms with Crippen molar-refractivity contribution in [1.29, 1.82) is 0 Å². The summed E-state index contributed by atoms with van der Waals surface area (Å²) >= 11 is 18.0. The smallest absolute Gasteiger partial charge is 0.335 e. The first kappa shape index (κ1) is 22.9. The molecule has 0 unspecified atom stereocenters. The number of halogens is 3. The minimum Gasteiger partial charge on any atom is -0.488 e. The second-order valence-electron chi connectivity index (χ2n) is 7.01. The van der Waals surface area contributed by atoms with Crippen molar-refractivity contribution in [2.75, 3.05) is 4.90 Å². The summed E-state index contributed by atoms with van der Waals surface area (Å²) in [6.07, 6.45) is 1.38. The van der Waals surface area contributed by atoms with E-state index >= 15 is 0 Å². The summed E-state index contributed by atoms with van der Waals surface area (Å²) in [7, 11) is 0. The fraction of sp³-hybridized carbons (Fsp3) is 0.0417. The van der Waals surface area contributed by atoms with Crippen LogP contribution >= 0.6 is 34.8 Å². The lowest BCUT2D eigenvalue weighted by atomic mass is 10.1. The van der Waals surface area contributed by atoms with Crippen LogP contribution in [-0.2, 0) is 16.2 Å². The van der Waals surface area contributed by atoms with Crippen LogP contribution in [0.15, 0.2) is 72.3 Å². The van der Waals surface area contributed by atoms with E-state index in [0.717, 1.165) is 10.5 Å². The number of barbiturate groups is 1. The van der Waals surface area contributed by atoms with Crippen molar-refractivity contribution < 1.29 is 19.1 Å².